The van der Waals surface area contributed by atoms with E-state index in [1.807, 2.05) is 6.07 Å². The molecule has 0 radical (unpaired) electrons. The van der Waals surface area contributed by atoms with Crippen molar-refractivity contribution < 1.29 is 5.11 Å². The van der Waals surface area contributed by atoms with Crippen molar-refractivity contribution in [1.82, 2.24) is 5.32 Å². The molecule has 1 aliphatic heterocycles. The third-order valence-electron chi connectivity index (χ3n) is 4.65. The molecular formula is C15H21NO. The molecule has 1 aromatic carbocycles. The molecular weight excluding hydrogens is 210 g/mol. The summed E-state index contributed by atoms with van der Waals surface area (Å²) < 4.78 is 0. The maximum Gasteiger partial charge on any atom is 0.0870 e. The van der Waals surface area contributed by atoms with Gasteiger partial charge in [0.25, 0.3) is 0 Å². The Bertz CT molecular complexity index is 375. The van der Waals surface area contributed by atoms with Crippen LogP contribution in [0.3, 0.4) is 0 Å². The summed E-state index contributed by atoms with van der Waals surface area (Å²) in [5.74, 6) is 0. The monoisotopic (exact) mass is 231 g/mol. The zero-order chi connectivity index (χ0) is 11.8. The van der Waals surface area contributed by atoms with Crippen molar-refractivity contribution in [2.75, 3.05) is 6.54 Å². The van der Waals surface area contributed by atoms with Crippen molar-refractivity contribution in [3.8, 4) is 0 Å². The SMILES string of the molecule is O[C@@]12CCCC[C@]1(c1ccccc1)NCCC2. The van der Waals surface area contributed by atoms with Crippen LogP contribution >= 0.6 is 0 Å². The number of aliphatic hydroxyl groups is 1. The summed E-state index contributed by atoms with van der Waals surface area (Å²) >= 11 is 0. The lowest BCUT2D eigenvalue weighted by atomic mass is 9.62. The van der Waals surface area contributed by atoms with Crippen LogP contribution in [0.25, 0.3) is 0 Å². The predicted octanol–water partition coefficient (Wildman–Crippen LogP) is 2.57. The zero-order valence-electron chi connectivity index (χ0n) is 10.3. The maximum atomic E-state index is 11.0. The third kappa shape index (κ3) is 1.62. The van der Waals surface area contributed by atoms with Crippen LogP contribution in [0.5, 0.6) is 0 Å². The Labute approximate surface area is 103 Å². The van der Waals surface area contributed by atoms with Gasteiger partial charge >= 0.3 is 0 Å². The van der Waals surface area contributed by atoms with Crippen molar-refractivity contribution in [1.29, 1.82) is 0 Å². The van der Waals surface area contributed by atoms with E-state index in [-0.39, 0.29) is 5.54 Å². The van der Waals surface area contributed by atoms with E-state index in [0.29, 0.717) is 0 Å². The van der Waals surface area contributed by atoms with Gasteiger partial charge in [0.05, 0.1) is 11.1 Å². The van der Waals surface area contributed by atoms with Crippen LogP contribution in [0.1, 0.15) is 44.1 Å². The number of hydrogen-bond acceptors (Lipinski definition) is 2. The molecule has 2 aliphatic rings. The first-order valence-electron chi connectivity index (χ1n) is 6.80. The molecule has 92 valence electrons. The Balaban J connectivity index is 2.06. The molecule has 0 aromatic heterocycles. The van der Waals surface area contributed by atoms with Gasteiger partial charge in [0.15, 0.2) is 0 Å². The summed E-state index contributed by atoms with van der Waals surface area (Å²) in [4.78, 5) is 0. The van der Waals surface area contributed by atoms with Gasteiger partial charge in [-0.05, 0) is 37.8 Å². The van der Waals surface area contributed by atoms with Crippen molar-refractivity contribution in [3.05, 3.63) is 35.9 Å². The second kappa shape index (κ2) is 4.11. The Hall–Kier alpha value is -0.860. The molecule has 1 saturated heterocycles. The van der Waals surface area contributed by atoms with Crippen molar-refractivity contribution >= 4 is 0 Å². The van der Waals surface area contributed by atoms with E-state index in [1.54, 1.807) is 0 Å². The molecule has 1 heterocycles. The summed E-state index contributed by atoms with van der Waals surface area (Å²) in [7, 11) is 0. The van der Waals surface area contributed by atoms with Crippen LogP contribution in [-0.4, -0.2) is 17.3 Å². The van der Waals surface area contributed by atoms with Crippen LogP contribution in [0.15, 0.2) is 30.3 Å². The van der Waals surface area contributed by atoms with Crippen molar-refractivity contribution in [3.63, 3.8) is 0 Å². The number of piperidine rings is 1. The van der Waals surface area contributed by atoms with E-state index in [1.165, 1.54) is 12.0 Å². The molecule has 1 aliphatic carbocycles. The van der Waals surface area contributed by atoms with Gasteiger partial charge in [-0.25, -0.2) is 0 Å². The fraction of sp³-hybridized carbons (Fsp3) is 0.600. The van der Waals surface area contributed by atoms with Crippen LogP contribution < -0.4 is 5.32 Å². The molecule has 2 N–H and O–H groups in total. The third-order valence-corrected chi connectivity index (χ3v) is 4.65. The molecule has 2 fully saturated rings. The minimum absolute atomic E-state index is 0.190. The molecule has 1 saturated carbocycles. The highest BCUT2D eigenvalue weighted by molar-refractivity contribution is 5.30. The Morgan fingerprint density at radius 2 is 1.65 bits per heavy atom. The normalized spacial score (nSPS) is 37.5. The van der Waals surface area contributed by atoms with Crippen molar-refractivity contribution in [2.45, 2.75) is 49.7 Å². The molecule has 0 amide bonds. The van der Waals surface area contributed by atoms with E-state index in [2.05, 4.69) is 29.6 Å². The topological polar surface area (TPSA) is 32.3 Å². The molecule has 1 aromatic rings. The van der Waals surface area contributed by atoms with Gasteiger partial charge in [-0.1, -0.05) is 43.2 Å². The van der Waals surface area contributed by atoms with Crippen LogP contribution in [-0.2, 0) is 5.54 Å². The highest BCUT2D eigenvalue weighted by Crippen LogP contribution is 2.48. The minimum Gasteiger partial charge on any atom is -0.388 e. The second-order valence-corrected chi connectivity index (χ2v) is 5.54. The van der Waals surface area contributed by atoms with Crippen molar-refractivity contribution in [2.24, 2.45) is 0 Å². The summed E-state index contributed by atoms with van der Waals surface area (Å²) in [5, 5.41) is 14.7. The molecule has 0 spiro atoms. The summed E-state index contributed by atoms with van der Waals surface area (Å²) in [6, 6.07) is 10.5. The number of nitrogens with one attached hydrogen (secondary N) is 1. The maximum absolute atomic E-state index is 11.0. The molecule has 0 unspecified atom stereocenters. The molecule has 2 nitrogen and oxygen atoms in total. The van der Waals surface area contributed by atoms with Gasteiger partial charge in [-0.3, -0.25) is 0 Å². The first kappa shape index (κ1) is 11.2. The molecule has 0 bridgehead atoms. The van der Waals surface area contributed by atoms with Gasteiger partial charge in [-0.2, -0.15) is 0 Å². The Morgan fingerprint density at radius 3 is 2.47 bits per heavy atom. The summed E-state index contributed by atoms with van der Waals surface area (Å²) in [6.45, 7) is 1.03. The number of benzene rings is 1. The van der Waals surface area contributed by atoms with Gasteiger partial charge in [0.1, 0.15) is 0 Å². The van der Waals surface area contributed by atoms with Gasteiger partial charge in [0, 0.05) is 0 Å². The lowest BCUT2D eigenvalue weighted by Crippen LogP contribution is -2.64. The van der Waals surface area contributed by atoms with Crippen LogP contribution in [0, 0.1) is 0 Å². The minimum atomic E-state index is -0.537. The summed E-state index contributed by atoms with van der Waals surface area (Å²) in [5.41, 5.74) is 0.539. The van der Waals surface area contributed by atoms with Gasteiger partial charge < -0.3 is 10.4 Å². The average molecular weight is 231 g/mol. The molecule has 3 rings (SSSR count). The number of fused-ring (bicyclic) bond motifs is 1. The largest absolute Gasteiger partial charge is 0.388 e. The highest BCUT2D eigenvalue weighted by Gasteiger charge is 2.53. The quantitative estimate of drug-likeness (QED) is 0.778. The fourth-order valence-corrected chi connectivity index (χ4v) is 3.77. The zero-order valence-corrected chi connectivity index (χ0v) is 10.3. The van der Waals surface area contributed by atoms with E-state index in [0.717, 1.165) is 38.6 Å². The number of hydrogen-bond donors (Lipinski definition) is 2. The molecule has 17 heavy (non-hydrogen) atoms. The lowest BCUT2D eigenvalue weighted by Gasteiger charge is -2.54. The first-order valence-corrected chi connectivity index (χ1v) is 6.80. The highest BCUT2D eigenvalue weighted by atomic mass is 16.3. The fourth-order valence-electron chi connectivity index (χ4n) is 3.77. The summed E-state index contributed by atoms with van der Waals surface area (Å²) in [6.07, 6.45) is 6.40. The Morgan fingerprint density at radius 1 is 0.941 bits per heavy atom. The second-order valence-electron chi connectivity index (χ2n) is 5.54. The predicted molar refractivity (Wildman–Crippen MR) is 68.8 cm³/mol. The van der Waals surface area contributed by atoms with Crippen LogP contribution in [0.4, 0.5) is 0 Å². The van der Waals surface area contributed by atoms with E-state index in [9.17, 15) is 5.11 Å². The van der Waals surface area contributed by atoms with E-state index < -0.39 is 5.60 Å². The number of rotatable bonds is 1. The van der Waals surface area contributed by atoms with Gasteiger partial charge in [0.2, 0.25) is 0 Å². The first-order chi connectivity index (χ1) is 8.27. The van der Waals surface area contributed by atoms with Gasteiger partial charge in [-0.15, -0.1) is 0 Å². The van der Waals surface area contributed by atoms with E-state index in [4.69, 9.17) is 0 Å². The van der Waals surface area contributed by atoms with E-state index >= 15 is 0 Å². The Kier molecular flexibility index (Phi) is 2.72. The standard InChI is InChI=1S/C15H21NO/c17-14-9-4-5-11-15(14,16-12-6-10-14)13-7-2-1-3-8-13/h1-3,7-8,16-17H,4-6,9-12H2/t14-,15-/m1/s1. The lowest BCUT2D eigenvalue weighted by molar-refractivity contribution is -0.108. The molecule has 2 heteroatoms. The van der Waals surface area contributed by atoms with Crippen LogP contribution in [0.2, 0.25) is 0 Å². The average Bonchev–Trinajstić information content (AvgIpc) is 2.39. The molecule has 2 atom stereocenters. The smallest absolute Gasteiger partial charge is 0.0870 e.